The lowest BCUT2D eigenvalue weighted by molar-refractivity contribution is 0.499. The number of rotatable bonds is 8. The zero-order valence-corrected chi connectivity index (χ0v) is 15.2. The second-order valence-electron chi connectivity index (χ2n) is 4.72. The number of halogens is 2. The van der Waals surface area contributed by atoms with E-state index in [-0.39, 0.29) is 5.41 Å². The van der Waals surface area contributed by atoms with E-state index in [0.717, 1.165) is 10.7 Å². The molecule has 102 valence electrons. The zero-order valence-electron chi connectivity index (χ0n) is 11.2. The zero-order chi connectivity index (χ0) is 13.4. The van der Waals surface area contributed by atoms with Gasteiger partial charge in [-0.05, 0) is 36.8 Å². The Morgan fingerprint density at radius 2 is 1.94 bits per heavy atom. The lowest BCUT2D eigenvalue weighted by atomic mass is 9.80. The minimum Gasteiger partial charge on any atom is -0.162 e. The fraction of sp³-hybridized carbons (Fsp3) is 0.600. The Bertz CT molecular complexity index is 348. The predicted octanol–water partition coefficient (Wildman–Crippen LogP) is 5.56. The van der Waals surface area contributed by atoms with Crippen LogP contribution in [0.1, 0.15) is 30.9 Å². The quantitative estimate of drug-likeness (QED) is 0.411. The van der Waals surface area contributed by atoms with Gasteiger partial charge < -0.3 is 0 Å². The molecule has 0 fully saturated rings. The molecule has 0 heterocycles. The molecule has 0 aromatic heterocycles. The van der Waals surface area contributed by atoms with Gasteiger partial charge in [0.25, 0.3) is 0 Å². The average Bonchev–Trinajstić information content (AvgIpc) is 2.40. The minimum atomic E-state index is 0.236. The van der Waals surface area contributed by atoms with Crippen LogP contribution in [0.25, 0.3) is 0 Å². The molecule has 0 unspecified atom stereocenters. The Morgan fingerprint density at radius 1 is 1.22 bits per heavy atom. The topological polar surface area (TPSA) is 0 Å². The maximum atomic E-state index is 3.73. The molecular formula is C15H22Br2S. The monoisotopic (exact) mass is 392 g/mol. The van der Waals surface area contributed by atoms with Crippen LogP contribution in [0.5, 0.6) is 0 Å². The highest BCUT2D eigenvalue weighted by atomic mass is 79.9. The van der Waals surface area contributed by atoms with E-state index in [0.29, 0.717) is 0 Å². The molecule has 0 saturated heterocycles. The van der Waals surface area contributed by atoms with Crippen molar-refractivity contribution in [2.45, 2.75) is 32.1 Å². The molecule has 3 heteroatoms. The first-order chi connectivity index (χ1) is 8.68. The highest BCUT2D eigenvalue weighted by Gasteiger charge is 2.29. The van der Waals surface area contributed by atoms with E-state index in [9.17, 15) is 0 Å². The fourth-order valence-corrected chi connectivity index (χ4v) is 4.87. The number of hydrogen-bond donors (Lipinski definition) is 0. The van der Waals surface area contributed by atoms with Gasteiger partial charge in [0.2, 0.25) is 0 Å². The van der Waals surface area contributed by atoms with Crippen molar-refractivity contribution in [1.29, 1.82) is 0 Å². The van der Waals surface area contributed by atoms with Gasteiger partial charge in [0, 0.05) is 16.1 Å². The van der Waals surface area contributed by atoms with Gasteiger partial charge in [0.15, 0.2) is 0 Å². The predicted molar refractivity (Wildman–Crippen MR) is 92.7 cm³/mol. The van der Waals surface area contributed by atoms with Gasteiger partial charge in [-0.2, -0.15) is 11.8 Å². The Kier molecular flexibility index (Phi) is 7.97. The summed E-state index contributed by atoms with van der Waals surface area (Å²) in [5, 5.41) is 2.04. The van der Waals surface area contributed by atoms with Crippen molar-refractivity contribution in [3.05, 3.63) is 35.4 Å². The summed E-state index contributed by atoms with van der Waals surface area (Å²) in [4.78, 5) is 0. The van der Waals surface area contributed by atoms with Crippen LogP contribution in [0.15, 0.2) is 24.3 Å². The Balaban J connectivity index is 2.79. The minimum absolute atomic E-state index is 0.236. The van der Waals surface area contributed by atoms with Crippen LogP contribution in [-0.2, 0) is 5.41 Å². The second-order valence-corrected chi connectivity index (χ2v) is 7.23. The average molecular weight is 394 g/mol. The molecule has 0 atom stereocenters. The van der Waals surface area contributed by atoms with Crippen molar-refractivity contribution in [3.8, 4) is 0 Å². The molecule has 0 aliphatic rings. The van der Waals surface area contributed by atoms with Crippen LogP contribution >= 0.6 is 43.6 Å². The van der Waals surface area contributed by atoms with Gasteiger partial charge in [-0.15, -0.1) is 0 Å². The van der Waals surface area contributed by atoms with Gasteiger partial charge in [-0.25, -0.2) is 0 Å². The molecule has 0 aliphatic carbocycles. The molecule has 1 aromatic rings. The van der Waals surface area contributed by atoms with Crippen molar-refractivity contribution in [2.75, 3.05) is 22.2 Å². The van der Waals surface area contributed by atoms with Crippen molar-refractivity contribution >= 4 is 43.6 Å². The fourth-order valence-electron chi connectivity index (χ4n) is 2.10. The van der Waals surface area contributed by atoms with E-state index < -0.39 is 0 Å². The van der Waals surface area contributed by atoms with Crippen molar-refractivity contribution < 1.29 is 0 Å². The Labute approximate surface area is 133 Å². The van der Waals surface area contributed by atoms with E-state index in [1.54, 1.807) is 0 Å². The van der Waals surface area contributed by atoms with E-state index in [4.69, 9.17) is 0 Å². The highest BCUT2D eigenvalue weighted by Crippen LogP contribution is 2.34. The standard InChI is InChI=1S/C15H22Br2S/c1-3-18-9-5-8-15(11-16,12-17)14-7-4-6-13(2)10-14/h4,6-7,10H,3,5,8-9,11-12H2,1-2H3. The molecule has 1 rings (SSSR count). The Morgan fingerprint density at radius 3 is 2.50 bits per heavy atom. The third kappa shape index (κ3) is 4.57. The smallest absolute Gasteiger partial charge is 0.0147 e. The van der Waals surface area contributed by atoms with Crippen molar-refractivity contribution in [2.24, 2.45) is 0 Å². The van der Waals surface area contributed by atoms with Crippen LogP contribution in [0, 0.1) is 6.92 Å². The molecule has 0 radical (unpaired) electrons. The number of hydrogen-bond acceptors (Lipinski definition) is 1. The van der Waals surface area contributed by atoms with Gasteiger partial charge in [0.1, 0.15) is 0 Å². The highest BCUT2D eigenvalue weighted by molar-refractivity contribution is 9.09. The molecule has 0 spiro atoms. The summed E-state index contributed by atoms with van der Waals surface area (Å²) in [6.45, 7) is 4.40. The summed E-state index contributed by atoms with van der Waals surface area (Å²) in [5.41, 5.74) is 3.04. The van der Waals surface area contributed by atoms with Crippen LogP contribution in [0.4, 0.5) is 0 Å². The summed E-state index contributed by atoms with van der Waals surface area (Å²) < 4.78 is 0. The lowest BCUT2D eigenvalue weighted by Crippen LogP contribution is -2.30. The summed E-state index contributed by atoms with van der Waals surface area (Å²) in [6, 6.07) is 8.94. The number of aryl methyl sites for hydroxylation is 1. The maximum Gasteiger partial charge on any atom is 0.0147 e. The van der Waals surface area contributed by atoms with Gasteiger partial charge >= 0.3 is 0 Å². The van der Waals surface area contributed by atoms with Gasteiger partial charge in [-0.3, -0.25) is 0 Å². The molecular weight excluding hydrogens is 372 g/mol. The largest absolute Gasteiger partial charge is 0.162 e. The first-order valence-corrected chi connectivity index (χ1v) is 9.85. The summed E-state index contributed by atoms with van der Waals surface area (Å²) in [5.74, 6) is 2.49. The second kappa shape index (κ2) is 8.65. The summed E-state index contributed by atoms with van der Waals surface area (Å²) >= 11 is 9.49. The third-order valence-corrected chi connectivity index (χ3v) is 6.42. The van der Waals surface area contributed by atoms with Crippen LogP contribution < -0.4 is 0 Å². The van der Waals surface area contributed by atoms with Crippen molar-refractivity contribution in [1.82, 2.24) is 0 Å². The number of benzene rings is 1. The Hall–Kier alpha value is 0.530. The van der Waals surface area contributed by atoms with Crippen LogP contribution in [0.3, 0.4) is 0 Å². The van der Waals surface area contributed by atoms with Gasteiger partial charge in [-0.1, -0.05) is 68.6 Å². The van der Waals surface area contributed by atoms with E-state index in [2.05, 4.69) is 70.0 Å². The summed E-state index contributed by atoms with van der Waals surface area (Å²) in [6.07, 6.45) is 2.52. The molecule has 0 aliphatic heterocycles. The van der Waals surface area contributed by atoms with Gasteiger partial charge in [0.05, 0.1) is 0 Å². The molecule has 0 saturated carbocycles. The van der Waals surface area contributed by atoms with Crippen LogP contribution in [-0.4, -0.2) is 22.2 Å². The first kappa shape index (κ1) is 16.6. The van der Waals surface area contributed by atoms with E-state index in [1.807, 2.05) is 11.8 Å². The molecule has 0 amide bonds. The SMILES string of the molecule is CCSCCCC(CBr)(CBr)c1cccc(C)c1. The maximum absolute atomic E-state index is 3.73. The summed E-state index contributed by atoms with van der Waals surface area (Å²) in [7, 11) is 0. The number of thioether (sulfide) groups is 1. The molecule has 0 nitrogen and oxygen atoms in total. The van der Waals surface area contributed by atoms with E-state index >= 15 is 0 Å². The normalized spacial score (nSPS) is 11.8. The van der Waals surface area contributed by atoms with Crippen molar-refractivity contribution in [3.63, 3.8) is 0 Å². The first-order valence-electron chi connectivity index (χ1n) is 6.45. The third-order valence-electron chi connectivity index (χ3n) is 3.29. The van der Waals surface area contributed by atoms with Crippen LogP contribution in [0.2, 0.25) is 0 Å². The molecule has 18 heavy (non-hydrogen) atoms. The molecule has 0 bridgehead atoms. The number of alkyl halides is 2. The molecule has 0 N–H and O–H groups in total. The van der Waals surface area contributed by atoms with E-state index in [1.165, 1.54) is 35.5 Å². The lowest BCUT2D eigenvalue weighted by Gasteiger charge is -2.31. The molecule has 1 aromatic carbocycles.